The van der Waals surface area contributed by atoms with E-state index in [9.17, 15) is 4.79 Å². The van der Waals surface area contributed by atoms with Crippen LogP contribution in [0.1, 0.15) is 10.4 Å². The molecule has 26 heavy (non-hydrogen) atoms. The number of imidazole rings is 1. The van der Waals surface area contributed by atoms with Crippen LogP contribution < -0.4 is 0 Å². The lowest BCUT2D eigenvalue weighted by molar-refractivity contribution is 0.0697. The zero-order valence-electron chi connectivity index (χ0n) is 13.5. The van der Waals surface area contributed by atoms with Crippen LogP contribution in [0.2, 0.25) is 0 Å². The minimum absolute atomic E-state index is 0.300. The molecule has 0 aliphatic carbocycles. The van der Waals surface area contributed by atoms with Crippen molar-refractivity contribution in [1.82, 2.24) is 9.97 Å². The molecule has 0 atom stereocenters. The van der Waals surface area contributed by atoms with Gasteiger partial charge in [-0.15, -0.1) is 0 Å². The van der Waals surface area contributed by atoms with Gasteiger partial charge in [-0.05, 0) is 42.5 Å². The molecule has 1 aromatic heterocycles. The quantitative estimate of drug-likeness (QED) is 0.367. The van der Waals surface area contributed by atoms with E-state index in [1.165, 1.54) is 0 Å². The monoisotopic (exact) mass is 472 g/mol. The molecule has 1 heterocycles. The van der Waals surface area contributed by atoms with E-state index in [0.717, 1.165) is 31.4 Å². The number of nitrogens with zero attached hydrogens (tertiary/aromatic N) is 1. The van der Waals surface area contributed by atoms with Gasteiger partial charge in [0.15, 0.2) is 0 Å². The van der Waals surface area contributed by atoms with Crippen molar-refractivity contribution >= 4 is 48.9 Å². The molecular formula is C20H14Br2N2O2. The van der Waals surface area contributed by atoms with E-state index < -0.39 is 5.97 Å². The van der Waals surface area contributed by atoms with E-state index in [2.05, 4.69) is 47.9 Å². The number of para-hydroxylation sites is 2. The molecule has 0 saturated heterocycles. The topological polar surface area (TPSA) is 66.0 Å². The van der Waals surface area contributed by atoms with Crippen molar-refractivity contribution in [3.05, 3.63) is 87.3 Å². The highest BCUT2D eigenvalue weighted by Crippen LogP contribution is 2.22. The van der Waals surface area contributed by atoms with Crippen molar-refractivity contribution in [1.29, 1.82) is 0 Å². The molecule has 4 rings (SSSR count). The average Bonchev–Trinajstić information content (AvgIpc) is 3.06. The van der Waals surface area contributed by atoms with Crippen LogP contribution in [-0.2, 0) is 0 Å². The van der Waals surface area contributed by atoms with Gasteiger partial charge in [0.1, 0.15) is 5.82 Å². The second-order valence-corrected chi connectivity index (χ2v) is 7.26. The predicted molar refractivity (Wildman–Crippen MR) is 110 cm³/mol. The minimum atomic E-state index is -0.902. The number of H-pyrrole nitrogens is 1. The van der Waals surface area contributed by atoms with Gasteiger partial charge in [-0.1, -0.05) is 62.2 Å². The third-order valence-electron chi connectivity index (χ3n) is 3.56. The van der Waals surface area contributed by atoms with Crippen LogP contribution in [0.4, 0.5) is 0 Å². The Morgan fingerprint density at radius 2 is 1.58 bits per heavy atom. The molecule has 0 fully saturated rings. The predicted octanol–water partition coefficient (Wildman–Crippen LogP) is 6.14. The molecule has 4 aromatic rings. The maximum absolute atomic E-state index is 10.3. The van der Waals surface area contributed by atoms with E-state index in [1.807, 2.05) is 42.5 Å². The number of carboxylic acids is 1. The zero-order valence-corrected chi connectivity index (χ0v) is 16.7. The molecule has 0 bridgehead atoms. The fraction of sp³-hybridized carbons (Fsp3) is 0. The highest BCUT2D eigenvalue weighted by Gasteiger charge is 2.04. The van der Waals surface area contributed by atoms with Gasteiger partial charge in [0.2, 0.25) is 0 Å². The molecule has 130 valence electrons. The van der Waals surface area contributed by atoms with E-state index in [-0.39, 0.29) is 0 Å². The second-order valence-electron chi connectivity index (χ2n) is 5.43. The highest BCUT2D eigenvalue weighted by atomic mass is 79.9. The number of aromatic nitrogens is 2. The van der Waals surface area contributed by atoms with Gasteiger partial charge in [0.05, 0.1) is 16.6 Å². The van der Waals surface area contributed by atoms with Gasteiger partial charge in [-0.25, -0.2) is 9.78 Å². The summed E-state index contributed by atoms with van der Waals surface area (Å²) in [5, 5.41) is 8.49. The Balaban J connectivity index is 0.000000170. The summed E-state index contributed by atoms with van der Waals surface area (Å²) < 4.78 is 1.85. The Kier molecular flexibility index (Phi) is 5.85. The first-order chi connectivity index (χ1) is 12.5. The van der Waals surface area contributed by atoms with Crippen LogP contribution in [-0.4, -0.2) is 21.0 Å². The van der Waals surface area contributed by atoms with E-state index in [0.29, 0.717) is 5.56 Å². The van der Waals surface area contributed by atoms with Gasteiger partial charge in [0, 0.05) is 14.5 Å². The lowest BCUT2D eigenvalue weighted by atomic mass is 10.2. The SMILES string of the molecule is Brc1cccc(-c2nc3ccccc3[nH]2)c1.O=C(O)c1cccc(Br)c1. The number of halogens is 2. The number of fused-ring (bicyclic) bond motifs is 1. The molecule has 0 spiro atoms. The smallest absolute Gasteiger partial charge is 0.335 e. The summed E-state index contributed by atoms with van der Waals surface area (Å²) in [6.07, 6.45) is 0. The molecule has 2 N–H and O–H groups in total. The number of rotatable bonds is 2. The lowest BCUT2D eigenvalue weighted by Gasteiger charge is -1.96. The summed E-state index contributed by atoms with van der Waals surface area (Å²) in [7, 11) is 0. The van der Waals surface area contributed by atoms with Crippen molar-refractivity contribution in [2.24, 2.45) is 0 Å². The third-order valence-corrected chi connectivity index (χ3v) is 4.55. The normalized spacial score (nSPS) is 10.2. The molecule has 0 unspecified atom stereocenters. The van der Waals surface area contributed by atoms with Crippen LogP contribution in [0, 0.1) is 0 Å². The Bertz CT molecular complexity index is 1030. The van der Waals surface area contributed by atoms with Crippen molar-refractivity contribution in [3.8, 4) is 11.4 Å². The molecular weight excluding hydrogens is 460 g/mol. The number of aromatic carboxylic acids is 1. The molecule has 0 saturated carbocycles. The summed E-state index contributed by atoms with van der Waals surface area (Å²) in [4.78, 5) is 18.2. The maximum Gasteiger partial charge on any atom is 0.335 e. The lowest BCUT2D eigenvalue weighted by Crippen LogP contribution is -1.94. The Morgan fingerprint density at radius 1 is 0.885 bits per heavy atom. The number of hydrogen-bond acceptors (Lipinski definition) is 2. The van der Waals surface area contributed by atoms with E-state index >= 15 is 0 Å². The van der Waals surface area contributed by atoms with E-state index in [1.54, 1.807) is 24.3 Å². The van der Waals surface area contributed by atoms with Crippen LogP contribution in [0.25, 0.3) is 22.4 Å². The number of aromatic amines is 1. The Hall–Kier alpha value is -2.44. The minimum Gasteiger partial charge on any atom is -0.478 e. The first kappa shape index (κ1) is 18.4. The fourth-order valence-electron chi connectivity index (χ4n) is 2.35. The van der Waals surface area contributed by atoms with Crippen LogP contribution in [0.5, 0.6) is 0 Å². The van der Waals surface area contributed by atoms with Gasteiger partial charge < -0.3 is 10.1 Å². The second kappa shape index (κ2) is 8.29. The number of nitrogens with one attached hydrogen (secondary N) is 1. The summed E-state index contributed by atoms with van der Waals surface area (Å²) >= 11 is 6.63. The van der Waals surface area contributed by atoms with Gasteiger partial charge in [0.25, 0.3) is 0 Å². The number of carboxylic acid groups (broad SMARTS) is 1. The molecule has 6 heteroatoms. The fourth-order valence-corrected chi connectivity index (χ4v) is 3.15. The van der Waals surface area contributed by atoms with Gasteiger partial charge in [-0.2, -0.15) is 0 Å². The summed E-state index contributed by atoms with van der Waals surface area (Å²) in [5.74, 6) is 0.00352. The molecule has 4 nitrogen and oxygen atoms in total. The molecule has 3 aromatic carbocycles. The van der Waals surface area contributed by atoms with Crippen LogP contribution in [0.3, 0.4) is 0 Å². The van der Waals surface area contributed by atoms with Crippen molar-refractivity contribution < 1.29 is 9.90 Å². The first-order valence-corrected chi connectivity index (χ1v) is 9.31. The standard InChI is InChI=1S/C13H9BrN2.C7H5BrO2/c14-10-5-3-4-9(8-10)13-15-11-6-1-2-7-12(11)16-13;8-6-3-1-2-5(4-6)7(9)10/h1-8H,(H,15,16);1-4H,(H,9,10). The Morgan fingerprint density at radius 3 is 2.19 bits per heavy atom. The van der Waals surface area contributed by atoms with Crippen molar-refractivity contribution in [2.45, 2.75) is 0 Å². The molecule has 0 radical (unpaired) electrons. The summed E-state index contributed by atoms with van der Waals surface area (Å²) in [6.45, 7) is 0. The Labute approximate surface area is 167 Å². The van der Waals surface area contributed by atoms with E-state index in [4.69, 9.17) is 5.11 Å². The first-order valence-electron chi connectivity index (χ1n) is 7.72. The van der Waals surface area contributed by atoms with Gasteiger partial charge in [-0.3, -0.25) is 0 Å². The van der Waals surface area contributed by atoms with Crippen LogP contribution >= 0.6 is 31.9 Å². The third kappa shape index (κ3) is 4.59. The number of carbonyl (C=O) groups is 1. The largest absolute Gasteiger partial charge is 0.478 e. The molecule has 0 aliphatic heterocycles. The van der Waals surface area contributed by atoms with Crippen LogP contribution in [0.15, 0.2) is 81.7 Å². The average molecular weight is 474 g/mol. The highest BCUT2D eigenvalue weighted by molar-refractivity contribution is 9.10. The zero-order chi connectivity index (χ0) is 18.5. The number of hydrogen-bond donors (Lipinski definition) is 2. The summed E-state index contributed by atoms with van der Waals surface area (Å²) in [6, 6.07) is 22.7. The summed E-state index contributed by atoms with van der Waals surface area (Å²) in [5.41, 5.74) is 3.45. The maximum atomic E-state index is 10.3. The van der Waals surface area contributed by atoms with Crippen molar-refractivity contribution in [2.75, 3.05) is 0 Å². The van der Waals surface area contributed by atoms with Crippen molar-refractivity contribution in [3.63, 3.8) is 0 Å². The molecule has 0 aliphatic rings. The number of benzene rings is 3. The van der Waals surface area contributed by atoms with Gasteiger partial charge >= 0.3 is 5.97 Å². The molecule has 0 amide bonds.